The maximum absolute atomic E-state index is 5.57. The fraction of sp³-hybridized carbons (Fsp3) is 0.0833. The van der Waals surface area contributed by atoms with Gasteiger partial charge in [-0.05, 0) is 25.1 Å². The fourth-order valence-corrected chi connectivity index (χ4v) is 1.83. The van der Waals surface area contributed by atoms with Crippen LogP contribution in [0.1, 0.15) is 5.82 Å². The minimum atomic E-state index is 0.281. The summed E-state index contributed by atoms with van der Waals surface area (Å²) in [5, 5.41) is 0. The molecule has 3 rings (SSSR count). The maximum atomic E-state index is 5.57. The number of nitrogens with zero attached hydrogens (tertiary/aromatic N) is 3. The van der Waals surface area contributed by atoms with Crippen molar-refractivity contribution in [1.29, 1.82) is 0 Å². The Bertz CT molecular complexity index is 686. The van der Waals surface area contributed by atoms with E-state index in [1.165, 1.54) is 0 Å². The number of aromatic nitrogens is 4. The van der Waals surface area contributed by atoms with Crippen molar-refractivity contribution in [1.82, 2.24) is 19.9 Å². The summed E-state index contributed by atoms with van der Waals surface area (Å²) in [5.41, 5.74) is 9.33. The molecule has 5 nitrogen and oxygen atoms in total. The van der Waals surface area contributed by atoms with Crippen LogP contribution in [0.25, 0.3) is 22.3 Å². The Labute approximate surface area is 97.7 Å². The number of nitrogens with one attached hydrogen (secondary N) is 1. The van der Waals surface area contributed by atoms with Crippen LogP contribution in [-0.4, -0.2) is 19.9 Å². The summed E-state index contributed by atoms with van der Waals surface area (Å²) in [6.45, 7) is 1.93. The molecule has 3 N–H and O–H groups in total. The van der Waals surface area contributed by atoms with E-state index in [-0.39, 0.29) is 5.95 Å². The predicted octanol–water partition coefficient (Wildman–Crippen LogP) is 1.91. The average molecular weight is 225 g/mol. The molecule has 0 aliphatic rings. The van der Waals surface area contributed by atoms with Crippen molar-refractivity contribution in [2.45, 2.75) is 6.92 Å². The third-order valence-electron chi connectivity index (χ3n) is 2.57. The first-order chi connectivity index (χ1) is 8.22. The van der Waals surface area contributed by atoms with E-state index >= 15 is 0 Å². The molecule has 0 spiro atoms. The summed E-state index contributed by atoms with van der Waals surface area (Å²) in [6, 6.07) is 7.79. The molecule has 0 radical (unpaired) electrons. The predicted molar refractivity (Wildman–Crippen MR) is 66.3 cm³/mol. The third kappa shape index (κ3) is 1.71. The number of benzene rings is 1. The fourth-order valence-electron chi connectivity index (χ4n) is 1.83. The second-order valence-electron chi connectivity index (χ2n) is 3.85. The van der Waals surface area contributed by atoms with E-state index < -0.39 is 0 Å². The van der Waals surface area contributed by atoms with Crippen LogP contribution in [-0.2, 0) is 0 Å². The normalized spacial score (nSPS) is 10.9. The van der Waals surface area contributed by atoms with Gasteiger partial charge in [-0.1, -0.05) is 6.07 Å². The highest BCUT2D eigenvalue weighted by Crippen LogP contribution is 2.21. The number of nitrogen functional groups attached to an aromatic ring is 1. The molecule has 5 heteroatoms. The summed E-state index contributed by atoms with van der Waals surface area (Å²) in [7, 11) is 0. The zero-order valence-electron chi connectivity index (χ0n) is 9.31. The van der Waals surface area contributed by atoms with E-state index in [1.54, 1.807) is 6.20 Å². The summed E-state index contributed by atoms with van der Waals surface area (Å²) < 4.78 is 0. The van der Waals surface area contributed by atoms with E-state index in [4.69, 9.17) is 5.73 Å². The first kappa shape index (κ1) is 9.77. The number of hydrogen-bond donors (Lipinski definition) is 2. The van der Waals surface area contributed by atoms with Gasteiger partial charge in [-0.3, -0.25) is 0 Å². The number of rotatable bonds is 1. The summed E-state index contributed by atoms with van der Waals surface area (Å²) in [4.78, 5) is 15.6. The Morgan fingerprint density at radius 3 is 2.88 bits per heavy atom. The highest BCUT2D eigenvalue weighted by molar-refractivity contribution is 5.81. The van der Waals surface area contributed by atoms with Gasteiger partial charge in [0.25, 0.3) is 0 Å². The van der Waals surface area contributed by atoms with Crippen molar-refractivity contribution < 1.29 is 0 Å². The van der Waals surface area contributed by atoms with Crippen LogP contribution in [0.5, 0.6) is 0 Å². The molecule has 17 heavy (non-hydrogen) atoms. The van der Waals surface area contributed by atoms with Gasteiger partial charge in [0.2, 0.25) is 5.95 Å². The molecule has 84 valence electrons. The molecule has 0 fully saturated rings. The van der Waals surface area contributed by atoms with E-state index in [9.17, 15) is 0 Å². The van der Waals surface area contributed by atoms with Crippen molar-refractivity contribution in [2.24, 2.45) is 0 Å². The van der Waals surface area contributed by atoms with Gasteiger partial charge in [0, 0.05) is 11.8 Å². The van der Waals surface area contributed by atoms with Crippen LogP contribution in [0.4, 0.5) is 5.95 Å². The molecule has 0 amide bonds. The van der Waals surface area contributed by atoms with Crippen molar-refractivity contribution in [2.75, 3.05) is 5.73 Å². The number of aromatic amines is 1. The molecule has 2 heterocycles. The van der Waals surface area contributed by atoms with E-state index in [0.717, 1.165) is 28.1 Å². The number of hydrogen-bond acceptors (Lipinski definition) is 4. The molecule has 3 aromatic rings. The first-order valence-corrected chi connectivity index (χ1v) is 5.27. The number of anilines is 1. The van der Waals surface area contributed by atoms with E-state index in [1.807, 2.05) is 31.2 Å². The zero-order chi connectivity index (χ0) is 11.8. The van der Waals surface area contributed by atoms with Gasteiger partial charge in [0.15, 0.2) is 0 Å². The van der Waals surface area contributed by atoms with Gasteiger partial charge in [0.05, 0.1) is 16.7 Å². The van der Waals surface area contributed by atoms with Crippen LogP contribution < -0.4 is 5.73 Å². The zero-order valence-corrected chi connectivity index (χ0v) is 9.31. The maximum Gasteiger partial charge on any atom is 0.220 e. The largest absolute Gasteiger partial charge is 0.368 e. The number of fused-ring (bicyclic) bond motifs is 1. The molecule has 0 aliphatic heterocycles. The lowest BCUT2D eigenvalue weighted by molar-refractivity contribution is 1.17. The average Bonchev–Trinajstić information content (AvgIpc) is 2.68. The molecule has 0 unspecified atom stereocenters. The first-order valence-electron chi connectivity index (χ1n) is 5.27. The SMILES string of the molecule is Cc1nc2ccc(-c3ccnc(N)n3)cc2[nH]1. The monoisotopic (exact) mass is 225 g/mol. The summed E-state index contributed by atoms with van der Waals surface area (Å²) in [5.74, 6) is 1.18. The van der Waals surface area contributed by atoms with Gasteiger partial charge in [-0.2, -0.15) is 0 Å². The van der Waals surface area contributed by atoms with Crippen LogP contribution in [0.2, 0.25) is 0 Å². The molecule has 0 bridgehead atoms. The highest BCUT2D eigenvalue weighted by Gasteiger charge is 2.04. The number of aryl methyl sites for hydroxylation is 1. The van der Waals surface area contributed by atoms with Crippen molar-refractivity contribution in [3.8, 4) is 11.3 Å². The summed E-state index contributed by atoms with van der Waals surface area (Å²) >= 11 is 0. The lowest BCUT2D eigenvalue weighted by atomic mass is 10.1. The van der Waals surface area contributed by atoms with Crippen LogP contribution in [0.15, 0.2) is 30.5 Å². The highest BCUT2D eigenvalue weighted by atomic mass is 15.0. The second-order valence-corrected chi connectivity index (χ2v) is 3.85. The second kappa shape index (κ2) is 3.55. The molecule has 0 saturated heterocycles. The van der Waals surface area contributed by atoms with Gasteiger partial charge in [-0.25, -0.2) is 15.0 Å². The standard InChI is InChI=1S/C12H11N5/c1-7-15-10-3-2-8(6-11(10)16-7)9-4-5-14-12(13)17-9/h2-6H,1H3,(H,15,16)(H2,13,14,17). The summed E-state index contributed by atoms with van der Waals surface area (Å²) in [6.07, 6.45) is 1.65. The van der Waals surface area contributed by atoms with Gasteiger partial charge < -0.3 is 10.7 Å². The molecular weight excluding hydrogens is 214 g/mol. The minimum absolute atomic E-state index is 0.281. The molecule has 2 aromatic heterocycles. The number of H-pyrrole nitrogens is 1. The quantitative estimate of drug-likeness (QED) is 0.663. The number of imidazole rings is 1. The Morgan fingerprint density at radius 1 is 1.18 bits per heavy atom. The van der Waals surface area contributed by atoms with Gasteiger partial charge in [-0.15, -0.1) is 0 Å². The third-order valence-corrected chi connectivity index (χ3v) is 2.57. The topological polar surface area (TPSA) is 80.5 Å². The Hall–Kier alpha value is -2.43. The van der Waals surface area contributed by atoms with E-state index in [0.29, 0.717) is 0 Å². The van der Waals surface area contributed by atoms with Crippen LogP contribution in [0, 0.1) is 6.92 Å². The smallest absolute Gasteiger partial charge is 0.220 e. The Kier molecular flexibility index (Phi) is 2.04. The molecule has 1 aromatic carbocycles. The van der Waals surface area contributed by atoms with Crippen molar-refractivity contribution in [3.63, 3.8) is 0 Å². The molecule has 0 aliphatic carbocycles. The van der Waals surface area contributed by atoms with Gasteiger partial charge in [0.1, 0.15) is 5.82 Å². The lowest BCUT2D eigenvalue weighted by Gasteiger charge is -2.00. The Balaban J connectivity index is 2.17. The minimum Gasteiger partial charge on any atom is -0.368 e. The molecule has 0 atom stereocenters. The molecular formula is C12H11N5. The number of nitrogens with two attached hydrogens (primary N) is 1. The van der Waals surface area contributed by atoms with Crippen LogP contribution >= 0.6 is 0 Å². The van der Waals surface area contributed by atoms with Crippen LogP contribution in [0.3, 0.4) is 0 Å². The van der Waals surface area contributed by atoms with Crippen molar-refractivity contribution in [3.05, 3.63) is 36.3 Å². The lowest BCUT2D eigenvalue weighted by Crippen LogP contribution is -1.94. The Morgan fingerprint density at radius 2 is 2.06 bits per heavy atom. The van der Waals surface area contributed by atoms with Gasteiger partial charge >= 0.3 is 0 Å². The van der Waals surface area contributed by atoms with Crippen molar-refractivity contribution >= 4 is 17.0 Å². The molecule has 0 saturated carbocycles. The van der Waals surface area contributed by atoms with E-state index in [2.05, 4.69) is 19.9 Å².